The highest BCUT2D eigenvalue weighted by atomic mass is 79.9. The van der Waals surface area contributed by atoms with E-state index in [1.807, 2.05) is 0 Å². The van der Waals surface area contributed by atoms with Crippen molar-refractivity contribution in [3.8, 4) is 5.75 Å². The van der Waals surface area contributed by atoms with E-state index in [9.17, 15) is 19.5 Å². The number of phenolic OH excluding ortho intramolecular Hbond substituents is 1. The van der Waals surface area contributed by atoms with Crippen LogP contribution in [0.3, 0.4) is 0 Å². The number of aromatic hydroxyl groups is 1. The van der Waals surface area contributed by atoms with E-state index in [0.717, 1.165) is 0 Å². The van der Waals surface area contributed by atoms with E-state index >= 15 is 0 Å². The fraction of sp³-hybridized carbons (Fsp3) is 0.148. The number of hydrogen-bond donors (Lipinski definition) is 4. The number of alkyl carbamates (subject to hydrolysis) is 1. The number of benzene rings is 3. The van der Waals surface area contributed by atoms with Crippen molar-refractivity contribution in [2.75, 3.05) is 11.1 Å². The normalized spacial score (nSPS) is 12.1. The number of imide groups is 1. The van der Waals surface area contributed by atoms with E-state index < -0.39 is 29.4 Å². The average Bonchev–Trinajstić information content (AvgIpc) is 2.85. The lowest BCUT2D eigenvalue weighted by Crippen LogP contribution is -2.35. The fourth-order valence-corrected chi connectivity index (χ4v) is 3.78. The van der Waals surface area contributed by atoms with E-state index in [1.54, 1.807) is 86.7 Å². The number of nitrogens with one attached hydrogen (secondary N) is 2. The second kappa shape index (κ2) is 11.5. The predicted molar refractivity (Wildman–Crippen MR) is 141 cm³/mol. The Morgan fingerprint density at radius 2 is 1.69 bits per heavy atom. The molecule has 36 heavy (non-hydrogen) atoms. The molecule has 0 aromatic heterocycles. The van der Waals surface area contributed by atoms with Crippen molar-refractivity contribution < 1.29 is 24.2 Å². The summed E-state index contributed by atoms with van der Waals surface area (Å²) in [7, 11) is 0. The van der Waals surface area contributed by atoms with Crippen LogP contribution in [0, 0.1) is 5.41 Å². The van der Waals surface area contributed by atoms with Gasteiger partial charge in [-0.25, -0.2) is 4.79 Å². The van der Waals surface area contributed by atoms with Crippen LogP contribution in [-0.2, 0) is 9.53 Å². The van der Waals surface area contributed by atoms with Crippen LogP contribution in [0.2, 0.25) is 0 Å². The minimum atomic E-state index is -1.07. The number of carbonyl (C=O) groups excluding carboxylic acids is 3. The van der Waals surface area contributed by atoms with Crippen molar-refractivity contribution in [2.24, 2.45) is 5.41 Å². The molecule has 3 aromatic carbocycles. The smallest absolute Gasteiger partial charge is 0.414 e. The van der Waals surface area contributed by atoms with Gasteiger partial charge in [0.25, 0.3) is 5.91 Å². The lowest BCUT2D eigenvalue weighted by atomic mass is 9.81. The SMILES string of the molecule is CC(C)(/C=C/C(=O)Nc1ccccc1N)[C@H](OC(=O)NC(=O)c1ccccc1)c1cc(Br)ccc1O. The number of phenols is 1. The quantitative estimate of drug-likeness (QED) is 0.224. The molecule has 0 aliphatic rings. The minimum absolute atomic E-state index is 0.117. The number of nitrogen functional groups attached to an aromatic ring is 1. The van der Waals surface area contributed by atoms with Gasteiger partial charge in [-0.15, -0.1) is 0 Å². The summed E-state index contributed by atoms with van der Waals surface area (Å²) in [4.78, 5) is 37.7. The molecular formula is C27H26BrN3O5. The molecular weight excluding hydrogens is 526 g/mol. The number of halogens is 1. The lowest BCUT2D eigenvalue weighted by Gasteiger charge is -2.32. The van der Waals surface area contributed by atoms with Gasteiger partial charge in [0.05, 0.1) is 11.4 Å². The number of hydrogen-bond acceptors (Lipinski definition) is 6. The van der Waals surface area contributed by atoms with Crippen LogP contribution >= 0.6 is 15.9 Å². The third kappa shape index (κ3) is 6.96. The topological polar surface area (TPSA) is 131 Å². The number of ether oxygens (including phenoxy) is 1. The first-order valence-electron chi connectivity index (χ1n) is 11.0. The number of carbonyl (C=O) groups is 3. The number of rotatable bonds is 7. The van der Waals surface area contributed by atoms with Crippen LogP contribution in [0.1, 0.15) is 35.9 Å². The molecule has 8 nitrogen and oxygen atoms in total. The standard InChI is InChI=1S/C27H26BrN3O5/c1-27(2,15-14-23(33)30-21-11-7-6-10-20(21)29)24(19-16-18(28)12-13-22(19)32)36-26(35)31-25(34)17-8-4-3-5-9-17/h3-16,24,32H,29H2,1-2H3,(H,30,33)(H,31,34,35)/b15-14+/t24-/m1/s1. The summed E-state index contributed by atoms with van der Waals surface area (Å²) in [6, 6.07) is 19.7. The Labute approximate surface area is 217 Å². The molecule has 3 amide bonds. The maximum atomic E-state index is 12.7. The molecule has 186 valence electrons. The Kier molecular flexibility index (Phi) is 8.50. The molecule has 5 N–H and O–H groups in total. The number of nitrogens with two attached hydrogens (primary N) is 1. The van der Waals surface area contributed by atoms with Crippen LogP contribution in [0.25, 0.3) is 0 Å². The molecule has 0 saturated heterocycles. The van der Waals surface area contributed by atoms with E-state index in [-0.39, 0.29) is 16.9 Å². The molecule has 3 aromatic rings. The summed E-state index contributed by atoms with van der Waals surface area (Å²) in [6.45, 7) is 3.45. The molecule has 0 bridgehead atoms. The van der Waals surface area contributed by atoms with Crippen LogP contribution in [0.5, 0.6) is 5.75 Å². The zero-order valence-corrected chi connectivity index (χ0v) is 21.3. The molecule has 9 heteroatoms. The van der Waals surface area contributed by atoms with E-state index in [1.165, 1.54) is 12.1 Å². The monoisotopic (exact) mass is 551 g/mol. The number of para-hydroxylation sites is 2. The second-order valence-corrected chi connectivity index (χ2v) is 9.46. The fourth-order valence-electron chi connectivity index (χ4n) is 3.41. The first-order valence-corrected chi connectivity index (χ1v) is 11.8. The van der Waals surface area contributed by atoms with Crippen molar-refractivity contribution in [3.63, 3.8) is 0 Å². The first-order chi connectivity index (χ1) is 17.1. The molecule has 0 fully saturated rings. The number of amides is 3. The van der Waals surface area contributed by atoms with Gasteiger partial charge in [0.15, 0.2) is 0 Å². The minimum Gasteiger partial charge on any atom is -0.508 e. The zero-order chi connectivity index (χ0) is 26.3. The summed E-state index contributed by atoms with van der Waals surface area (Å²) in [6.07, 6.45) is 0.782. The van der Waals surface area contributed by atoms with Crippen molar-refractivity contribution in [2.45, 2.75) is 20.0 Å². The highest BCUT2D eigenvalue weighted by molar-refractivity contribution is 9.10. The molecule has 0 radical (unpaired) electrons. The second-order valence-electron chi connectivity index (χ2n) is 8.54. The molecule has 0 heterocycles. The van der Waals surface area contributed by atoms with Crippen molar-refractivity contribution >= 4 is 45.2 Å². The summed E-state index contributed by atoms with van der Waals surface area (Å²) < 4.78 is 6.28. The third-order valence-corrected chi connectivity index (χ3v) is 5.80. The van der Waals surface area contributed by atoms with Gasteiger partial charge < -0.3 is 20.9 Å². The average molecular weight is 552 g/mol. The Morgan fingerprint density at radius 3 is 2.39 bits per heavy atom. The first kappa shape index (κ1) is 26.5. The van der Waals surface area contributed by atoms with Gasteiger partial charge in [-0.05, 0) is 48.5 Å². The van der Waals surface area contributed by atoms with Gasteiger partial charge in [-0.1, -0.05) is 66.2 Å². The molecule has 0 aliphatic heterocycles. The van der Waals surface area contributed by atoms with Crippen LogP contribution in [0.4, 0.5) is 16.2 Å². The summed E-state index contributed by atoms with van der Waals surface area (Å²) in [5.41, 5.74) is 6.33. The Balaban J connectivity index is 1.84. The summed E-state index contributed by atoms with van der Waals surface area (Å²) >= 11 is 3.36. The maximum absolute atomic E-state index is 12.7. The van der Waals surface area contributed by atoms with Gasteiger partial charge >= 0.3 is 6.09 Å². The zero-order valence-electron chi connectivity index (χ0n) is 19.7. The van der Waals surface area contributed by atoms with Gasteiger partial charge in [-0.2, -0.15) is 0 Å². The van der Waals surface area contributed by atoms with Gasteiger partial charge in [0, 0.05) is 21.0 Å². The van der Waals surface area contributed by atoms with Gasteiger partial charge in [0.2, 0.25) is 5.91 Å². The Morgan fingerprint density at radius 1 is 1.03 bits per heavy atom. The highest BCUT2D eigenvalue weighted by Crippen LogP contribution is 2.42. The lowest BCUT2D eigenvalue weighted by molar-refractivity contribution is -0.112. The van der Waals surface area contributed by atoms with Crippen LogP contribution in [0.15, 0.2) is 89.4 Å². The molecule has 0 unspecified atom stereocenters. The van der Waals surface area contributed by atoms with Gasteiger partial charge in [-0.3, -0.25) is 14.9 Å². The van der Waals surface area contributed by atoms with Crippen LogP contribution < -0.4 is 16.4 Å². The van der Waals surface area contributed by atoms with E-state index in [4.69, 9.17) is 10.5 Å². The largest absolute Gasteiger partial charge is 0.508 e. The van der Waals surface area contributed by atoms with Crippen molar-refractivity contribution in [3.05, 3.63) is 101 Å². The van der Waals surface area contributed by atoms with E-state index in [0.29, 0.717) is 15.8 Å². The number of anilines is 2. The van der Waals surface area contributed by atoms with Crippen LogP contribution in [-0.4, -0.2) is 23.0 Å². The predicted octanol–water partition coefficient (Wildman–Crippen LogP) is 5.57. The van der Waals surface area contributed by atoms with Crippen molar-refractivity contribution in [1.29, 1.82) is 0 Å². The highest BCUT2D eigenvalue weighted by Gasteiger charge is 2.35. The van der Waals surface area contributed by atoms with Crippen molar-refractivity contribution in [1.82, 2.24) is 5.32 Å². The molecule has 0 aliphatic carbocycles. The summed E-state index contributed by atoms with van der Waals surface area (Å²) in [5.74, 6) is -1.19. The van der Waals surface area contributed by atoms with Gasteiger partial charge in [0.1, 0.15) is 11.9 Å². The Bertz CT molecular complexity index is 1290. The molecule has 0 saturated carbocycles. The third-order valence-electron chi connectivity index (χ3n) is 5.31. The Hall–Kier alpha value is -4.11. The van der Waals surface area contributed by atoms with E-state index in [2.05, 4.69) is 26.6 Å². The maximum Gasteiger partial charge on any atom is 0.414 e. The molecule has 1 atom stereocenters. The summed E-state index contributed by atoms with van der Waals surface area (Å²) in [5, 5.41) is 15.4. The molecule has 3 rings (SSSR count). The molecule has 0 spiro atoms.